The Morgan fingerprint density at radius 1 is 1.25 bits per heavy atom. The van der Waals surface area contributed by atoms with Gasteiger partial charge in [-0.25, -0.2) is 9.38 Å². The van der Waals surface area contributed by atoms with Crippen LogP contribution < -0.4 is 15.8 Å². The van der Waals surface area contributed by atoms with Gasteiger partial charge < -0.3 is 15.8 Å². The monoisotopic (exact) mass is 441 g/mol. The minimum atomic E-state index is -0.211. The Labute approximate surface area is 158 Å². The summed E-state index contributed by atoms with van der Waals surface area (Å²) in [5.41, 5.74) is 8.07. The highest BCUT2D eigenvalue weighted by atomic mass is 127. The van der Waals surface area contributed by atoms with Crippen molar-refractivity contribution in [3.05, 3.63) is 65.5 Å². The van der Waals surface area contributed by atoms with Crippen LogP contribution in [0.1, 0.15) is 23.5 Å². The van der Waals surface area contributed by atoms with Crippen LogP contribution in [0.4, 0.5) is 4.39 Å². The third-order valence-corrected chi connectivity index (χ3v) is 4.03. The second-order valence-electron chi connectivity index (χ2n) is 5.66. The molecule has 0 heterocycles. The second kappa shape index (κ2) is 8.32. The van der Waals surface area contributed by atoms with Crippen molar-refractivity contribution in [2.75, 3.05) is 7.11 Å². The van der Waals surface area contributed by atoms with Gasteiger partial charge in [0.05, 0.1) is 13.7 Å². The summed E-state index contributed by atoms with van der Waals surface area (Å²) in [6.45, 7) is 0.469. The van der Waals surface area contributed by atoms with Gasteiger partial charge in [0.1, 0.15) is 11.6 Å². The molecule has 0 radical (unpaired) electrons. The molecule has 6 heteroatoms. The first kappa shape index (κ1) is 18.5. The van der Waals surface area contributed by atoms with Crippen molar-refractivity contribution in [3.8, 4) is 5.75 Å². The van der Waals surface area contributed by atoms with E-state index in [1.165, 1.54) is 12.1 Å². The Bertz CT molecular complexity index is 706. The molecule has 0 unspecified atom stereocenters. The quantitative estimate of drug-likeness (QED) is 0.425. The van der Waals surface area contributed by atoms with E-state index in [1.54, 1.807) is 7.11 Å². The van der Waals surface area contributed by atoms with E-state index < -0.39 is 0 Å². The highest BCUT2D eigenvalue weighted by Gasteiger charge is 2.38. The summed E-state index contributed by atoms with van der Waals surface area (Å²) in [5, 5.41) is 3.22. The number of para-hydroxylation sites is 1. The predicted octanol–water partition coefficient (Wildman–Crippen LogP) is 3.41. The van der Waals surface area contributed by atoms with Crippen LogP contribution in [0.3, 0.4) is 0 Å². The molecule has 1 fully saturated rings. The van der Waals surface area contributed by atoms with Crippen molar-refractivity contribution in [2.45, 2.75) is 24.9 Å². The van der Waals surface area contributed by atoms with Crippen LogP contribution in [-0.2, 0) is 6.54 Å². The molecule has 128 valence electrons. The Hall–Kier alpha value is -1.83. The Balaban J connectivity index is 0.00000208. The van der Waals surface area contributed by atoms with Gasteiger partial charge in [-0.05, 0) is 30.2 Å². The van der Waals surface area contributed by atoms with E-state index in [-0.39, 0.29) is 35.8 Å². The molecule has 0 amide bonds. The lowest BCUT2D eigenvalue weighted by molar-refractivity contribution is 0.410. The van der Waals surface area contributed by atoms with Crippen molar-refractivity contribution in [3.63, 3.8) is 0 Å². The van der Waals surface area contributed by atoms with Gasteiger partial charge in [-0.3, -0.25) is 0 Å². The highest BCUT2D eigenvalue weighted by Crippen LogP contribution is 2.40. The number of halogens is 2. The molecule has 0 aliphatic heterocycles. The highest BCUT2D eigenvalue weighted by molar-refractivity contribution is 14.0. The molecule has 2 aromatic carbocycles. The van der Waals surface area contributed by atoms with Gasteiger partial charge in [-0.1, -0.05) is 30.3 Å². The summed E-state index contributed by atoms with van der Waals surface area (Å²) >= 11 is 0. The van der Waals surface area contributed by atoms with E-state index in [0.717, 1.165) is 23.3 Å². The van der Waals surface area contributed by atoms with Gasteiger partial charge in [0.2, 0.25) is 0 Å². The zero-order valence-corrected chi connectivity index (χ0v) is 15.7. The number of aliphatic imine (C=N–C) groups is 1. The number of nitrogens with zero attached hydrogens (tertiary/aromatic N) is 1. The number of nitrogens with one attached hydrogen (secondary N) is 1. The molecule has 3 rings (SSSR count). The molecule has 24 heavy (non-hydrogen) atoms. The van der Waals surface area contributed by atoms with E-state index in [0.29, 0.717) is 18.4 Å². The van der Waals surface area contributed by atoms with Crippen LogP contribution in [0.2, 0.25) is 0 Å². The first-order chi connectivity index (χ1) is 11.2. The molecular formula is C18H21FIN3O. The third-order valence-electron chi connectivity index (χ3n) is 4.03. The van der Waals surface area contributed by atoms with Gasteiger partial charge in [0.25, 0.3) is 0 Å². The fourth-order valence-corrected chi connectivity index (χ4v) is 2.67. The van der Waals surface area contributed by atoms with Crippen LogP contribution in [0, 0.1) is 5.82 Å². The summed E-state index contributed by atoms with van der Waals surface area (Å²) in [7, 11) is 1.64. The van der Waals surface area contributed by atoms with Crippen LogP contribution in [0.15, 0.2) is 53.5 Å². The summed E-state index contributed by atoms with van der Waals surface area (Å²) in [5.74, 6) is 1.39. The molecule has 3 N–H and O–H groups in total. The van der Waals surface area contributed by atoms with E-state index in [4.69, 9.17) is 10.5 Å². The van der Waals surface area contributed by atoms with E-state index in [2.05, 4.69) is 10.3 Å². The van der Waals surface area contributed by atoms with Gasteiger partial charge in [-0.15, -0.1) is 24.0 Å². The maximum Gasteiger partial charge on any atom is 0.189 e. The molecule has 0 saturated heterocycles. The number of methoxy groups -OCH3 is 1. The van der Waals surface area contributed by atoms with Gasteiger partial charge in [0, 0.05) is 17.5 Å². The lowest BCUT2D eigenvalue weighted by atomic mass is 10.1. The SMILES string of the molecule is COc1ccccc1CN=C(N)N[C@@H]1C[C@H]1c1ccc(F)cc1.I. The second-order valence-corrected chi connectivity index (χ2v) is 5.66. The summed E-state index contributed by atoms with van der Waals surface area (Å²) < 4.78 is 18.2. The summed E-state index contributed by atoms with van der Waals surface area (Å²) in [4.78, 5) is 4.37. The molecule has 0 aromatic heterocycles. The summed E-state index contributed by atoms with van der Waals surface area (Å²) in [6, 6.07) is 14.6. The number of ether oxygens (including phenoxy) is 1. The smallest absolute Gasteiger partial charge is 0.189 e. The first-order valence-electron chi connectivity index (χ1n) is 7.61. The van der Waals surface area contributed by atoms with E-state index in [9.17, 15) is 4.39 Å². The van der Waals surface area contributed by atoms with Crippen molar-refractivity contribution in [2.24, 2.45) is 10.7 Å². The number of rotatable bonds is 5. The van der Waals surface area contributed by atoms with Crippen molar-refractivity contribution in [1.29, 1.82) is 0 Å². The van der Waals surface area contributed by atoms with Crippen LogP contribution >= 0.6 is 24.0 Å². The van der Waals surface area contributed by atoms with Crippen molar-refractivity contribution >= 4 is 29.9 Å². The topological polar surface area (TPSA) is 59.6 Å². The summed E-state index contributed by atoms with van der Waals surface area (Å²) in [6.07, 6.45) is 0.983. The van der Waals surface area contributed by atoms with Crippen LogP contribution in [-0.4, -0.2) is 19.1 Å². The number of hydrogen-bond donors (Lipinski definition) is 2. The van der Waals surface area contributed by atoms with Crippen molar-refractivity contribution in [1.82, 2.24) is 5.32 Å². The lowest BCUT2D eigenvalue weighted by Gasteiger charge is -2.08. The molecule has 2 aromatic rings. The Morgan fingerprint density at radius 2 is 1.96 bits per heavy atom. The fourth-order valence-electron chi connectivity index (χ4n) is 2.67. The van der Waals surface area contributed by atoms with E-state index >= 15 is 0 Å². The first-order valence-corrected chi connectivity index (χ1v) is 7.61. The Kier molecular flexibility index (Phi) is 6.42. The molecule has 2 atom stereocenters. The Morgan fingerprint density at radius 3 is 2.67 bits per heavy atom. The van der Waals surface area contributed by atoms with Gasteiger partial charge in [0.15, 0.2) is 5.96 Å². The van der Waals surface area contributed by atoms with Gasteiger partial charge in [-0.2, -0.15) is 0 Å². The lowest BCUT2D eigenvalue weighted by Crippen LogP contribution is -2.34. The molecule has 1 aliphatic rings. The third kappa shape index (κ3) is 4.59. The number of hydrogen-bond acceptors (Lipinski definition) is 2. The molecular weight excluding hydrogens is 420 g/mol. The van der Waals surface area contributed by atoms with E-state index in [1.807, 2.05) is 36.4 Å². The molecule has 1 aliphatic carbocycles. The average molecular weight is 441 g/mol. The number of benzene rings is 2. The normalized spacial score (nSPS) is 19.3. The number of nitrogens with two attached hydrogens (primary N) is 1. The molecule has 0 bridgehead atoms. The predicted molar refractivity (Wildman–Crippen MR) is 104 cm³/mol. The van der Waals surface area contributed by atoms with Crippen LogP contribution in [0.5, 0.6) is 5.75 Å². The largest absolute Gasteiger partial charge is 0.496 e. The zero-order valence-electron chi connectivity index (χ0n) is 13.4. The average Bonchev–Trinajstić information content (AvgIpc) is 3.33. The minimum Gasteiger partial charge on any atom is -0.496 e. The van der Waals surface area contributed by atoms with Crippen molar-refractivity contribution < 1.29 is 9.13 Å². The molecule has 4 nitrogen and oxygen atoms in total. The molecule has 0 spiro atoms. The zero-order chi connectivity index (χ0) is 16.2. The van der Waals surface area contributed by atoms with Gasteiger partial charge >= 0.3 is 0 Å². The standard InChI is InChI=1S/C18H20FN3O.HI/c1-23-17-5-3-2-4-13(17)11-21-18(20)22-16-10-15(16)12-6-8-14(19)9-7-12;/h2-9,15-16H,10-11H2,1H3,(H3,20,21,22);1H/t15-,16+;/m0./s1. The maximum atomic E-state index is 12.9. The minimum absolute atomic E-state index is 0. The van der Waals surface area contributed by atoms with Crippen LogP contribution in [0.25, 0.3) is 0 Å². The molecule has 1 saturated carbocycles. The fraction of sp³-hybridized carbons (Fsp3) is 0.278. The maximum absolute atomic E-state index is 12.9. The number of guanidine groups is 1.